The van der Waals surface area contributed by atoms with E-state index >= 15 is 0 Å². The first-order chi connectivity index (χ1) is 13.0. The lowest BCUT2D eigenvalue weighted by atomic mass is 9.96. The van der Waals surface area contributed by atoms with E-state index in [1.807, 2.05) is 32.0 Å². The van der Waals surface area contributed by atoms with E-state index in [0.717, 1.165) is 61.9 Å². The van der Waals surface area contributed by atoms with E-state index in [0.29, 0.717) is 12.7 Å². The van der Waals surface area contributed by atoms with Gasteiger partial charge in [0.05, 0.1) is 6.10 Å². The Morgan fingerprint density at radius 2 is 1.93 bits per heavy atom. The van der Waals surface area contributed by atoms with Crippen molar-refractivity contribution in [2.24, 2.45) is 0 Å². The van der Waals surface area contributed by atoms with Gasteiger partial charge < -0.3 is 14.8 Å². The lowest BCUT2D eigenvalue weighted by Gasteiger charge is -2.29. The number of hydrogen-bond acceptors (Lipinski definition) is 3. The van der Waals surface area contributed by atoms with Crippen LogP contribution < -0.4 is 10.1 Å². The molecular formula is C23H37NO3. The highest BCUT2D eigenvalue weighted by Crippen LogP contribution is 2.29. The molecule has 1 amide bonds. The molecule has 0 heterocycles. The van der Waals surface area contributed by atoms with E-state index in [2.05, 4.69) is 19.2 Å². The Kier molecular flexibility index (Phi) is 8.62. The van der Waals surface area contributed by atoms with Crippen LogP contribution >= 0.6 is 0 Å². The number of aryl methyl sites for hydroxylation is 1. The van der Waals surface area contributed by atoms with Crippen LogP contribution in [0.25, 0.3) is 0 Å². The van der Waals surface area contributed by atoms with E-state index in [1.165, 1.54) is 12.8 Å². The van der Waals surface area contributed by atoms with Crippen LogP contribution in [0.5, 0.6) is 5.75 Å². The van der Waals surface area contributed by atoms with Gasteiger partial charge in [0, 0.05) is 12.3 Å². The van der Waals surface area contributed by atoms with Gasteiger partial charge in [-0.05, 0) is 76.1 Å². The summed E-state index contributed by atoms with van der Waals surface area (Å²) in [6.45, 7) is 8.79. The number of ether oxygens (including phenoxy) is 2. The Morgan fingerprint density at radius 3 is 2.56 bits per heavy atom. The molecule has 1 unspecified atom stereocenters. The lowest BCUT2D eigenvalue weighted by molar-refractivity contribution is -0.140. The van der Waals surface area contributed by atoms with Gasteiger partial charge in [0.2, 0.25) is 0 Å². The van der Waals surface area contributed by atoms with Gasteiger partial charge in [-0.1, -0.05) is 33.1 Å². The molecule has 0 saturated heterocycles. The second-order valence-electron chi connectivity index (χ2n) is 8.00. The van der Waals surface area contributed by atoms with Crippen molar-refractivity contribution >= 4 is 11.6 Å². The van der Waals surface area contributed by atoms with E-state index < -0.39 is 5.60 Å². The minimum Gasteiger partial charge on any atom is -0.490 e. The van der Waals surface area contributed by atoms with Gasteiger partial charge in [-0.3, -0.25) is 4.79 Å². The molecule has 0 aliphatic heterocycles. The van der Waals surface area contributed by atoms with Gasteiger partial charge in [-0.15, -0.1) is 0 Å². The Balaban J connectivity index is 2.01. The molecule has 1 aromatic carbocycles. The standard InChI is InChI=1S/C23H37NO3/c1-5-7-10-15-23(4,26-16-6-2)22(25)24-19-13-14-21(18(3)17-19)27-20-11-8-9-12-20/h13-14,17,20H,5-12,15-16H2,1-4H3,(H,24,25). The first kappa shape index (κ1) is 21.7. The summed E-state index contributed by atoms with van der Waals surface area (Å²) in [5, 5.41) is 3.06. The van der Waals surface area contributed by atoms with Crippen LogP contribution in [-0.4, -0.2) is 24.2 Å². The average molecular weight is 376 g/mol. The predicted octanol–water partition coefficient (Wildman–Crippen LogP) is 6.02. The van der Waals surface area contributed by atoms with Crippen molar-refractivity contribution in [1.29, 1.82) is 0 Å². The number of carbonyl (C=O) groups excluding carboxylic acids is 1. The Labute approximate surface area is 165 Å². The maximum Gasteiger partial charge on any atom is 0.256 e. The first-order valence-corrected chi connectivity index (χ1v) is 10.7. The van der Waals surface area contributed by atoms with Crippen LogP contribution in [0, 0.1) is 6.92 Å². The summed E-state index contributed by atoms with van der Waals surface area (Å²) < 4.78 is 12.1. The number of carbonyl (C=O) groups is 1. The van der Waals surface area contributed by atoms with Crippen LogP contribution in [0.3, 0.4) is 0 Å². The summed E-state index contributed by atoms with van der Waals surface area (Å²) in [6.07, 6.45) is 10.0. The van der Waals surface area contributed by atoms with Crippen molar-refractivity contribution in [2.75, 3.05) is 11.9 Å². The van der Waals surface area contributed by atoms with Crippen molar-refractivity contribution in [1.82, 2.24) is 0 Å². The monoisotopic (exact) mass is 375 g/mol. The molecule has 1 aliphatic carbocycles. The predicted molar refractivity (Wildman–Crippen MR) is 111 cm³/mol. The van der Waals surface area contributed by atoms with Crippen LogP contribution in [0.1, 0.15) is 84.1 Å². The van der Waals surface area contributed by atoms with Gasteiger partial charge in [0.15, 0.2) is 0 Å². The Morgan fingerprint density at radius 1 is 1.19 bits per heavy atom. The van der Waals surface area contributed by atoms with E-state index in [-0.39, 0.29) is 5.91 Å². The first-order valence-electron chi connectivity index (χ1n) is 10.7. The van der Waals surface area contributed by atoms with Gasteiger partial charge in [0.1, 0.15) is 11.4 Å². The Bertz CT molecular complexity index is 595. The molecule has 1 saturated carbocycles. The summed E-state index contributed by atoms with van der Waals surface area (Å²) in [5.74, 6) is 0.865. The summed E-state index contributed by atoms with van der Waals surface area (Å²) >= 11 is 0. The smallest absolute Gasteiger partial charge is 0.256 e. The molecule has 1 fully saturated rings. The third-order valence-electron chi connectivity index (χ3n) is 5.39. The van der Waals surface area contributed by atoms with Crippen molar-refractivity contribution < 1.29 is 14.3 Å². The molecule has 152 valence electrons. The number of nitrogens with one attached hydrogen (secondary N) is 1. The maximum absolute atomic E-state index is 12.9. The summed E-state index contributed by atoms with van der Waals surface area (Å²) in [6, 6.07) is 5.90. The van der Waals surface area contributed by atoms with Crippen LogP contribution in [0.2, 0.25) is 0 Å². The Hall–Kier alpha value is -1.55. The quantitative estimate of drug-likeness (QED) is 0.481. The SMILES string of the molecule is CCCCCC(C)(OCCC)C(=O)Nc1ccc(OC2CCCC2)c(C)c1. The van der Waals surface area contributed by atoms with Crippen LogP contribution in [0.15, 0.2) is 18.2 Å². The molecule has 0 radical (unpaired) electrons. The van der Waals surface area contributed by atoms with Gasteiger partial charge in [0.25, 0.3) is 5.91 Å². The second-order valence-corrected chi connectivity index (χ2v) is 8.00. The van der Waals surface area contributed by atoms with Crippen molar-refractivity contribution in [3.8, 4) is 5.75 Å². The van der Waals surface area contributed by atoms with Crippen molar-refractivity contribution in [3.05, 3.63) is 23.8 Å². The van der Waals surface area contributed by atoms with E-state index in [4.69, 9.17) is 9.47 Å². The van der Waals surface area contributed by atoms with Gasteiger partial charge in [-0.2, -0.15) is 0 Å². The molecule has 0 spiro atoms. The highest BCUT2D eigenvalue weighted by molar-refractivity contribution is 5.97. The highest BCUT2D eigenvalue weighted by atomic mass is 16.5. The minimum atomic E-state index is -0.780. The van der Waals surface area contributed by atoms with Gasteiger partial charge in [-0.25, -0.2) is 0 Å². The van der Waals surface area contributed by atoms with Gasteiger partial charge >= 0.3 is 0 Å². The van der Waals surface area contributed by atoms with Crippen molar-refractivity contribution in [2.45, 2.75) is 97.2 Å². The number of rotatable bonds is 11. The summed E-state index contributed by atoms with van der Waals surface area (Å²) in [7, 11) is 0. The average Bonchev–Trinajstić information content (AvgIpc) is 3.15. The van der Waals surface area contributed by atoms with E-state index in [1.54, 1.807) is 0 Å². The molecule has 4 heteroatoms. The fraction of sp³-hybridized carbons (Fsp3) is 0.696. The number of hydrogen-bond donors (Lipinski definition) is 1. The molecule has 1 aromatic rings. The number of unbranched alkanes of at least 4 members (excludes halogenated alkanes) is 2. The largest absolute Gasteiger partial charge is 0.490 e. The molecule has 4 nitrogen and oxygen atoms in total. The molecule has 0 bridgehead atoms. The van der Waals surface area contributed by atoms with Crippen LogP contribution in [0.4, 0.5) is 5.69 Å². The molecule has 1 aliphatic rings. The maximum atomic E-state index is 12.9. The lowest BCUT2D eigenvalue weighted by Crippen LogP contribution is -2.43. The minimum absolute atomic E-state index is 0.0593. The highest BCUT2D eigenvalue weighted by Gasteiger charge is 2.33. The number of benzene rings is 1. The zero-order valence-electron chi connectivity index (χ0n) is 17.6. The van der Waals surface area contributed by atoms with Crippen molar-refractivity contribution in [3.63, 3.8) is 0 Å². The molecule has 1 atom stereocenters. The summed E-state index contributed by atoms with van der Waals surface area (Å²) in [5.41, 5.74) is 1.08. The fourth-order valence-corrected chi connectivity index (χ4v) is 3.60. The third-order valence-corrected chi connectivity index (χ3v) is 5.39. The zero-order valence-corrected chi connectivity index (χ0v) is 17.6. The molecule has 1 N–H and O–H groups in total. The molecule has 27 heavy (non-hydrogen) atoms. The molecule has 0 aromatic heterocycles. The molecular weight excluding hydrogens is 338 g/mol. The number of amides is 1. The molecule has 2 rings (SSSR count). The second kappa shape index (κ2) is 10.7. The number of anilines is 1. The van der Waals surface area contributed by atoms with E-state index in [9.17, 15) is 4.79 Å². The normalized spacial score (nSPS) is 16.9. The zero-order chi connectivity index (χ0) is 19.7. The van der Waals surface area contributed by atoms with Crippen LogP contribution in [-0.2, 0) is 9.53 Å². The summed E-state index contributed by atoms with van der Waals surface area (Å²) in [4.78, 5) is 12.9. The third kappa shape index (κ3) is 6.53. The fourth-order valence-electron chi connectivity index (χ4n) is 3.60. The topological polar surface area (TPSA) is 47.6 Å².